The molecule has 0 aliphatic heterocycles. The zero-order valence-electron chi connectivity index (χ0n) is 16.4. The molecule has 0 spiro atoms. The number of thioether (sulfide) groups is 1. The highest BCUT2D eigenvalue weighted by Crippen LogP contribution is 2.34. The van der Waals surface area contributed by atoms with Crippen LogP contribution in [0.1, 0.15) is 19.5 Å². The summed E-state index contributed by atoms with van der Waals surface area (Å²) >= 11 is 1.44. The normalized spacial score (nSPS) is 11.6. The first-order valence-corrected chi connectivity index (χ1v) is 10.0. The summed E-state index contributed by atoms with van der Waals surface area (Å²) in [5, 5.41) is 8.67. The minimum atomic E-state index is -4.68. The third kappa shape index (κ3) is 3.87. The molecule has 0 amide bonds. The molecule has 0 fully saturated rings. The second kappa shape index (κ2) is 8.39. The molecule has 0 saturated carbocycles. The number of fused-ring (bicyclic) bond motifs is 1. The smallest absolute Gasteiger partial charge is 0.431 e. The van der Waals surface area contributed by atoms with Crippen LogP contribution in [0, 0.1) is 11.3 Å². The van der Waals surface area contributed by atoms with E-state index in [2.05, 4.69) is 9.97 Å². The lowest BCUT2D eigenvalue weighted by atomic mass is 10.3. The SMILES string of the molecule is CCSc1cc(OCC#N)cnc1-c1nc2cc(C(F)(F)F)n(CC)c(=O)c2n1C. The molecule has 3 heterocycles. The van der Waals surface area contributed by atoms with E-state index in [9.17, 15) is 18.0 Å². The Morgan fingerprint density at radius 1 is 1.30 bits per heavy atom. The van der Waals surface area contributed by atoms with Gasteiger partial charge in [0.15, 0.2) is 12.4 Å². The van der Waals surface area contributed by atoms with Gasteiger partial charge in [0.25, 0.3) is 5.56 Å². The van der Waals surface area contributed by atoms with Crippen molar-refractivity contribution in [2.75, 3.05) is 12.4 Å². The number of ether oxygens (including phenoxy) is 1. The van der Waals surface area contributed by atoms with E-state index in [0.29, 0.717) is 26.7 Å². The first-order valence-electron chi connectivity index (χ1n) is 9.03. The number of alkyl halides is 3. The van der Waals surface area contributed by atoms with Crippen LogP contribution in [0.25, 0.3) is 22.6 Å². The van der Waals surface area contributed by atoms with E-state index in [-0.39, 0.29) is 30.0 Å². The minimum absolute atomic E-state index is 0.0476. The van der Waals surface area contributed by atoms with Crippen molar-refractivity contribution in [1.29, 1.82) is 5.26 Å². The largest absolute Gasteiger partial charge is 0.477 e. The van der Waals surface area contributed by atoms with E-state index < -0.39 is 17.4 Å². The summed E-state index contributed by atoms with van der Waals surface area (Å²) < 4.78 is 47.8. The van der Waals surface area contributed by atoms with Gasteiger partial charge in [-0.05, 0) is 24.8 Å². The number of nitrogens with zero attached hydrogens (tertiary/aromatic N) is 5. The van der Waals surface area contributed by atoms with Crippen LogP contribution in [0.5, 0.6) is 5.75 Å². The zero-order chi connectivity index (χ0) is 22.1. The van der Waals surface area contributed by atoms with Gasteiger partial charge in [0.2, 0.25) is 0 Å². The maximum absolute atomic E-state index is 13.4. The average Bonchev–Trinajstić information content (AvgIpc) is 3.02. The summed E-state index contributed by atoms with van der Waals surface area (Å²) in [7, 11) is 1.57. The summed E-state index contributed by atoms with van der Waals surface area (Å²) in [4.78, 5) is 22.1. The van der Waals surface area contributed by atoms with Crippen molar-refractivity contribution in [3.63, 3.8) is 0 Å². The lowest BCUT2D eigenvalue weighted by molar-refractivity contribution is -0.144. The molecule has 11 heteroatoms. The Labute approximate surface area is 174 Å². The van der Waals surface area contributed by atoms with Crippen molar-refractivity contribution in [2.45, 2.75) is 31.5 Å². The fraction of sp³-hybridized carbons (Fsp3) is 0.368. The number of rotatable bonds is 6. The predicted octanol–water partition coefficient (Wildman–Crippen LogP) is 3.85. The van der Waals surface area contributed by atoms with Crippen molar-refractivity contribution in [3.05, 3.63) is 34.4 Å². The summed E-state index contributed by atoms with van der Waals surface area (Å²) in [5.41, 5.74) is -1.36. The Morgan fingerprint density at radius 2 is 2.03 bits per heavy atom. The van der Waals surface area contributed by atoms with Crippen molar-refractivity contribution in [2.24, 2.45) is 7.05 Å². The van der Waals surface area contributed by atoms with Crippen molar-refractivity contribution >= 4 is 22.8 Å². The molecule has 0 N–H and O–H groups in total. The third-order valence-corrected chi connectivity index (χ3v) is 5.29. The zero-order valence-corrected chi connectivity index (χ0v) is 17.3. The van der Waals surface area contributed by atoms with Crippen LogP contribution in [0.4, 0.5) is 13.2 Å². The maximum atomic E-state index is 13.4. The number of nitriles is 1. The molecule has 7 nitrogen and oxygen atoms in total. The van der Waals surface area contributed by atoms with Crippen LogP contribution in [-0.4, -0.2) is 31.5 Å². The van der Waals surface area contributed by atoms with E-state index in [1.54, 1.807) is 13.1 Å². The van der Waals surface area contributed by atoms with E-state index in [1.165, 1.54) is 29.4 Å². The number of imidazole rings is 1. The number of hydrogen-bond acceptors (Lipinski definition) is 6. The molecule has 158 valence electrons. The van der Waals surface area contributed by atoms with Gasteiger partial charge in [-0.2, -0.15) is 18.4 Å². The molecular weight excluding hydrogens is 419 g/mol. The highest BCUT2D eigenvalue weighted by atomic mass is 32.2. The van der Waals surface area contributed by atoms with Gasteiger partial charge < -0.3 is 13.9 Å². The Hall–Kier alpha value is -3.00. The average molecular weight is 437 g/mol. The van der Waals surface area contributed by atoms with E-state index in [4.69, 9.17) is 10.00 Å². The van der Waals surface area contributed by atoms with Crippen molar-refractivity contribution in [3.8, 4) is 23.3 Å². The fourth-order valence-electron chi connectivity index (χ4n) is 3.13. The Bertz CT molecular complexity index is 1190. The summed E-state index contributed by atoms with van der Waals surface area (Å²) in [6, 6.07) is 4.46. The van der Waals surface area contributed by atoms with E-state index in [0.717, 1.165) is 6.07 Å². The van der Waals surface area contributed by atoms with Crippen LogP contribution in [0.15, 0.2) is 28.0 Å². The Kier molecular flexibility index (Phi) is 6.07. The van der Waals surface area contributed by atoms with Gasteiger partial charge in [-0.1, -0.05) is 6.92 Å². The molecule has 0 atom stereocenters. The van der Waals surface area contributed by atoms with Gasteiger partial charge >= 0.3 is 6.18 Å². The highest BCUT2D eigenvalue weighted by Gasteiger charge is 2.35. The second-order valence-electron chi connectivity index (χ2n) is 6.20. The first-order chi connectivity index (χ1) is 14.2. The molecule has 0 aromatic carbocycles. The van der Waals surface area contributed by atoms with Gasteiger partial charge in [0, 0.05) is 18.5 Å². The van der Waals surface area contributed by atoms with Crippen LogP contribution >= 0.6 is 11.8 Å². The third-order valence-electron chi connectivity index (χ3n) is 4.38. The molecule has 30 heavy (non-hydrogen) atoms. The van der Waals surface area contributed by atoms with Crippen LogP contribution in [-0.2, 0) is 19.8 Å². The van der Waals surface area contributed by atoms with Crippen LogP contribution in [0.2, 0.25) is 0 Å². The lowest BCUT2D eigenvalue weighted by Gasteiger charge is -2.14. The van der Waals surface area contributed by atoms with Gasteiger partial charge in [-0.3, -0.25) is 4.79 Å². The van der Waals surface area contributed by atoms with Gasteiger partial charge in [0.1, 0.15) is 28.7 Å². The summed E-state index contributed by atoms with van der Waals surface area (Å²) in [5.74, 6) is 1.36. The highest BCUT2D eigenvalue weighted by molar-refractivity contribution is 7.99. The standard InChI is InChI=1S/C19H18F3N5O2S/c1-4-27-14(19(20,21)22)9-12-16(18(27)28)26(3)17(25-12)15-13(30-5-2)8-11(10-24-15)29-7-6-23/h8-10H,4-5,7H2,1-3H3. The maximum Gasteiger partial charge on any atom is 0.431 e. The quantitative estimate of drug-likeness (QED) is 0.545. The molecule has 0 saturated heterocycles. The number of pyridine rings is 2. The van der Waals surface area contributed by atoms with Crippen molar-refractivity contribution in [1.82, 2.24) is 19.1 Å². The molecule has 0 aliphatic carbocycles. The molecular formula is C19H18F3N5O2S. The Morgan fingerprint density at radius 3 is 2.63 bits per heavy atom. The number of aryl methyl sites for hydroxylation is 1. The molecule has 0 bridgehead atoms. The molecule has 3 aromatic heterocycles. The van der Waals surface area contributed by atoms with Crippen LogP contribution in [0.3, 0.4) is 0 Å². The summed E-state index contributed by atoms with van der Waals surface area (Å²) in [6.07, 6.45) is -3.26. The fourth-order valence-corrected chi connectivity index (χ4v) is 3.92. The monoisotopic (exact) mass is 437 g/mol. The second-order valence-corrected chi connectivity index (χ2v) is 7.51. The Balaban J connectivity index is 2.25. The van der Waals surface area contributed by atoms with E-state index in [1.807, 2.05) is 13.0 Å². The molecule has 0 unspecified atom stereocenters. The number of hydrogen-bond donors (Lipinski definition) is 0. The lowest BCUT2D eigenvalue weighted by Crippen LogP contribution is -2.28. The van der Waals surface area contributed by atoms with Gasteiger partial charge in [0.05, 0.1) is 11.7 Å². The molecule has 3 rings (SSSR count). The van der Waals surface area contributed by atoms with Gasteiger partial charge in [-0.25, -0.2) is 9.97 Å². The predicted molar refractivity (Wildman–Crippen MR) is 106 cm³/mol. The molecule has 0 aliphatic rings. The number of halogens is 3. The first kappa shape index (κ1) is 21.7. The molecule has 0 radical (unpaired) electrons. The minimum Gasteiger partial charge on any atom is -0.477 e. The molecule has 3 aromatic rings. The van der Waals surface area contributed by atoms with E-state index >= 15 is 0 Å². The summed E-state index contributed by atoms with van der Waals surface area (Å²) in [6.45, 7) is 3.16. The van der Waals surface area contributed by atoms with Gasteiger partial charge in [-0.15, -0.1) is 11.8 Å². The number of aromatic nitrogens is 4. The topological polar surface area (TPSA) is 85.7 Å². The van der Waals surface area contributed by atoms with Crippen molar-refractivity contribution < 1.29 is 17.9 Å². The van der Waals surface area contributed by atoms with Crippen LogP contribution < -0.4 is 10.3 Å².